The Bertz CT molecular complexity index is 5540. The molecule has 482 valence electrons. The zero-order valence-corrected chi connectivity index (χ0v) is 59.2. The summed E-state index contributed by atoms with van der Waals surface area (Å²) in [6, 6.07) is 82.9. The van der Waals surface area contributed by atoms with Crippen molar-refractivity contribution in [3.63, 3.8) is 0 Å². The van der Waals surface area contributed by atoms with E-state index in [1.54, 1.807) is 0 Å². The van der Waals surface area contributed by atoms with Crippen molar-refractivity contribution in [3.05, 3.63) is 288 Å². The third-order valence-electron chi connectivity index (χ3n) is 20.4. The summed E-state index contributed by atoms with van der Waals surface area (Å²) < 4.78 is 48.1. The van der Waals surface area contributed by atoms with Crippen molar-refractivity contribution >= 4 is 79.0 Å². The van der Waals surface area contributed by atoms with Crippen LogP contribution in [0.2, 0.25) is 0 Å². The molecule has 0 spiro atoms. The van der Waals surface area contributed by atoms with E-state index in [0.29, 0.717) is 16.8 Å². The summed E-state index contributed by atoms with van der Waals surface area (Å²) in [4.78, 5) is 4.87. The fourth-order valence-electron chi connectivity index (χ4n) is 14.8. The average molecular weight is 1280 g/mol. The molecule has 0 radical (unpaired) electrons. The van der Waals surface area contributed by atoms with Crippen LogP contribution in [-0.4, -0.2) is 11.3 Å². The average Bonchev–Trinajstić information content (AvgIpc) is 1.21. The standard InChI is InChI=1S/C93H87BN4/c1-89(2,3)70-39-34-61(35-40-70)66-44-65(60-28-20-17-21-29-60)49-76(50-66)97-85-52-63(67-45-71(90(4,5)6)55-72(46-67)91(7,8)9)38-43-80(85)94-79-42-37-62(59-26-18-16-19-27-59)51-84(79)96(86-53-69(54-87(97)88(86)94)68-47-73(92(10,11)12)56-74(48-68)93(13,14)15)75-41-36-64(58-95)83(57-75)98-81-32-24-22-30-77(81)78-31-23-25-33-82(78)98/h16-57H,1-15H3/i16D,18D,19D,26D,27D. The van der Waals surface area contributed by atoms with E-state index in [9.17, 15) is 8.00 Å². The summed E-state index contributed by atoms with van der Waals surface area (Å²) in [5.74, 6) is 0. The Morgan fingerprint density at radius 3 is 1.21 bits per heavy atom. The summed E-state index contributed by atoms with van der Waals surface area (Å²) >= 11 is 0. The van der Waals surface area contributed by atoms with Crippen LogP contribution >= 0.6 is 0 Å². The lowest BCUT2D eigenvalue weighted by Gasteiger charge is -2.45. The number of para-hydroxylation sites is 2. The maximum Gasteiger partial charge on any atom is 0.252 e. The molecule has 4 nitrogen and oxygen atoms in total. The first-order chi connectivity index (χ1) is 48.7. The van der Waals surface area contributed by atoms with Gasteiger partial charge in [0.2, 0.25) is 0 Å². The van der Waals surface area contributed by atoms with E-state index in [1.165, 1.54) is 27.8 Å². The third kappa shape index (κ3) is 11.3. The predicted octanol–water partition coefficient (Wildman–Crippen LogP) is 23.6. The molecule has 13 aromatic rings. The number of benzene rings is 12. The van der Waals surface area contributed by atoms with Crippen molar-refractivity contribution in [2.45, 2.75) is 131 Å². The van der Waals surface area contributed by atoms with Gasteiger partial charge in [0.1, 0.15) is 6.07 Å². The van der Waals surface area contributed by atoms with Crippen LogP contribution in [0.3, 0.4) is 0 Å². The molecule has 12 aromatic carbocycles. The SMILES string of the molecule is [2H]c1c([2H])c([2H])c(-c2ccc3c(c2)N(c2ccc(C#N)c(-n4c5ccccc5c5ccccc54)c2)c2cc(-c4cc(C(C)(C)C)cc(C(C)(C)C)c4)cc4c2B3c2ccc(-c3cc(C(C)(C)C)cc(C(C)(C)C)c3)cc2N4c2cc(-c3ccccc3)cc(-c3ccc(C(C)(C)C)cc3)c2)c([2H])c1[2H]. The first-order valence-corrected chi connectivity index (χ1v) is 34.6. The molecule has 0 fully saturated rings. The van der Waals surface area contributed by atoms with Crippen molar-refractivity contribution in [2.75, 3.05) is 9.80 Å². The van der Waals surface area contributed by atoms with Gasteiger partial charge in [-0.2, -0.15) is 5.26 Å². The van der Waals surface area contributed by atoms with Crippen LogP contribution in [-0.2, 0) is 27.1 Å². The fraction of sp³-hybridized carbons (Fsp3) is 0.215. The Labute approximate surface area is 588 Å². The zero-order chi connectivity index (χ0) is 72.9. The second-order valence-electron chi connectivity index (χ2n) is 32.3. The summed E-state index contributed by atoms with van der Waals surface area (Å²) in [6.07, 6.45) is 0. The van der Waals surface area contributed by atoms with E-state index in [-0.39, 0.29) is 44.7 Å². The molecular formula is C93H87BN4. The highest BCUT2D eigenvalue weighted by Gasteiger charge is 2.45. The first-order valence-electron chi connectivity index (χ1n) is 37.1. The molecule has 2 aliphatic rings. The largest absolute Gasteiger partial charge is 0.311 e. The summed E-state index contributed by atoms with van der Waals surface area (Å²) in [5, 5.41) is 13.5. The number of anilines is 6. The van der Waals surface area contributed by atoms with Gasteiger partial charge in [0, 0.05) is 44.9 Å². The highest BCUT2D eigenvalue weighted by Crippen LogP contribution is 2.51. The van der Waals surface area contributed by atoms with Crippen molar-refractivity contribution < 1.29 is 6.85 Å². The van der Waals surface area contributed by atoms with E-state index in [4.69, 9.17) is 4.11 Å². The smallest absolute Gasteiger partial charge is 0.252 e. The highest BCUT2D eigenvalue weighted by molar-refractivity contribution is 7.00. The quantitative estimate of drug-likeness (QED) is 0.142. The lowest BCUT2D eigenvalue weighted by atomic mass is 9.33. The van der Waals surface area contributed by atoms with Gasteiger partial charge in [0.15, 0.2) is 0 Å². The van der Waals surface area contributed by atoms with E-state index >= 15 is 0 Å². The van der Waals surface area contributed by atoms with Crippen molar-refractivity contribution in [1.82, 2.24) is 4.57 Å². The Balaban J connectivity index is 1.12. The number of rotatable bonds is 8. The number of hydrogen-bond donors (Lipinski definition) is 0. The molecule has 0 saturated heterocycles. The number of nitriles is 1. The van der Waals surface area contributed by atoms with Gasteiger partial charge in [-0.15, -0.1) is 0 Å². The highest BCUT2D eigenvalue weighted by atomic mass is 15.2. The van der Waals surface area contributed by atoms with Crippen LogP contribution in [0.25, 0.3) is 83.1 Å². The molecule has 0 bridgehead atoms. The normalized spacial score (nSPS) is 13.9. The van der Waals surface area contributed by atoms with Crippen LogP contribution in [0.4, 0.5) is 34.1 Å². The Kier molecular flexibility index (Phi) is 13.8. The maximum absolute atomic E-state index is 11.4. The Morgan fingerprint density at radius 1 is 0.316 bits per heavy atom. The Hall–Kier alpha value is -10.4. The monoisotopic (exact) mass is 1280 g/mol. The molecule has 98 heavy (non-hydrogen) atoms. The van der Waals surface area contributed by atoms with Gasteiger partial charge in [0.25, 0.3) is 6.71 Å². The molecule has 0 amide bonds. The van der Waals surface area contributed by atoms with E-state index in [2.05, 4.69) is 312 Å². The van der Waals surface area contributed by atoms with Crippen LogP contribution in [0.1, 0.15) is 144 Å². The molecule has 0 aliphatic carbocycles. The number of fused-ring (bicyclic) bond motifs is 7. The van der Waals surface area contributed by atoms with E-state index in [0.717, 1.165) is 117 Å². The van der Waals surface area contributed by atoms with Crippen molar-refractivity contribution in [3.8, 4) is 67.4 Å². The van der Waals surface area contributed by atoms with Gasteiger partial charge in [-0.05, 0) is 200 Å². The molecule has 0 unspecified atom stereocenters. The minimum Gasteiger partial charge on any atom is -0.311 e. The van der Waals surface area contributed by atoms with Crippen LogP contribution in [0.15, 0.2) is 255 Å². The predicted molar refractivity (Wildman–Crippen MR) is 420 cm³/mol. The minimum absolute atomic E-state index is 0.0517. The van der Waals surface area contributed by atoms with Gasteiger partial charge in [-0.1, -0.05) is 286 Å². The molecule has 1 aromatic heterocycles. The Morgan fingerprint density at radius 2 is 0.724 bits per heavy atom. The molecule has 0 N–H and O–H groups in total. The minimum atomic E-state index is -0.449. The van der Waals surface area contributed by atoms with Gasteiger partial charge in [-0.3, -0.25) is 0 Å². The van der Waals surface area contributed by atoms with Crippen LogP contribution in [0.5, 0.6) is 0 Å². The summed E-state index contributed by atoms with van der Waals surface area (Å²) in [5.41, 5.74) is 26.2. The second-order valence-corrected chi connectivity index (χ2v) is 32.3. The topological polar surface area (TPSA) is 35.2 Å². The number of nitrogens with zero attached hydrogens (tertiary/aromatic N) is 4. The lowest BCUT2D eigenvalue weighted by Crippen LogP contribution is -2.61. The zero-order valence-electron chi connectivity index (χ0n) is 64.2. The van der Waals surface area contributed by atoms with Gasteiger partial charge in [-0.25, -0.2) is 0 Å². The van der Waals surface area contributed by atoms with Gasteiger partial charge >= 0.3 is 0 Å². The molecule has 0 atom stereocenters. The summed E-state index contributed by atoms with van der Waals surface area (Å²) in [6.45, 7) is 33.9. The van der Waals surface area contributed by atoms with Crippen LogP contribution < -0.4 is 26.2 Å². The summed E-state index contributed by atoms with van der Waals surface area (Å²) in [7, 11) is 0. The van der Waals surface area contributed by atoms with Crippen LogP contribution in [0, 0.1) is 11.3 Å². The molecule has 5 heteroatoms. The molecule has 2 aliphatic heterocycles. The fourth-order valence-corrected chi connectivity index (χ4v) is 14.8. The second kappa shape index (κ2) is 23.4. The first kappa shape index (κ1) is 57.8. The maximum atomic E-state index is 11.4. The molecule has 0 saturated carbocycles. The van der Waals surface area contributed by atoms with E-state index < -0.39 is 24.8 Å². The van der Waals surface area contributed by atoms with Crippen molar-refractivity contribution in [2.24, 2.45) is 0 Å². The third-order valence-corrected chi connectivity index (χ3v) is 20.4. The lowest BCUT2D eigenvalue weighted by molar-refractivity contribution is 0.568. The molecular weight excluding hydrogens is 1180 g/mol. The molecule has 3 heterocycles. The van der Waals surface area contributed by atoms with E-state index in [1.807, 2.05) is 36.4 Å². The number of hydrogen-bond acceptors (Lipinski definition) is 3. The van der Waals surface area contributed by atoms with Gasteiger partial charge in [0.05, 0.1) is 29.1 Å². The van der Waals surface area contributed by atoms with Gasteiger partial charge < -0.3 is 14.4 Å². The number of aromatic nitrogens is 1. The molecule has 15 rings (SSSR count). The van der Waals surface area contributed by atoms with Crippen molar-refractivity contribution in [1.29, 1.82) is 5.26 Å².